The van der Waals surface area contributed by atoms with Crippen LogP contribution in [0.15, 0.2) is 101 Å². The van der Waals surface area contributed by atoms with Gasteiger partial charge in [-0.3, -0.25) is 9.78 Å². The minimum atomic E-state index is -0.177. The Morgan fingerprint density at radius 1 is 1.03 bits per heavy atom. The quantitative estimate of drug-likeness (QED) is 0.338. The Hall–Kier alpha value is -3.77. The van der Waals surface area contributed by atoms with Crippen molar-refractivity contribution in [1.29, 1.82) is 0 Å². The Kier molecular flexibility index (Phi) is 5.06. The van der Waals surface area contributed by atoms with Crippen LogP contribution in [0, 0.1) is 0 Å². The fraction of sp³-hybridized carbons (Fsp3) is 0.0400. The van der Waals surface area contributed by atoms with Crippen molar-refractivity contribution in [2.45, 2.75) is 5.03 Å². The van der Waals surface area contributed by atoms with Gasteiger partial charge in [-0.1, -0.05) is 6.07 Å². The predicted octanol–water partition coefficient (Wildman–Crippen LogP) is 6.26. The molecule has 0 saturated carbocycles. The standard InChI is InChI=1S/C25H19N3O2S/c1-31-24-14-20-13-17(19-10-12-30-16-19)4-9-23(20)28(24)22-7-5-21(6-8-22)27-25(29)18-3-2-11-26-15-18/h2-16H,1H3,(H,27,29). The summed E-state index contributed by atoms with van der Waals surface area (Å²) in [5.74, 6) is -0.177. The van der Waals surface area contributed by atoms with Gasteiger partial charge in [0.15, 0.2) is 0 Å². The van der Waals surface area contributed by atoms with E-state index in [1.165, 1.54) is 0 Å². The molecular formula is C25H19N3O2S. The second kappa shape index (κ2) is 8.16. The molecule has 0 radical (unpaired) electrons. The van der Waals surface area contributed by atoms with E-state index >= 15 is 0 Å². The van der Waals surface area contributed by atoms with Gasteiger partial charge in [0.25, 0.3) is 5.91 Å². The minimum Gasteiger partial charge on any atom is -0.472 e. The molecule has 1 amide bonds. The summed E-state index contributed by atoms with van der Waals surface area (Å²) in [5.41, 5.74) is 5.62. The van der Waals surface area contributed by atoms with Gasteiger partial charge in [0.2, 0.25) is 0 Å². The number of nitrogens with zero attached hydrogens (tertiary/aromatic N) is 2. The first kappa shape index (κ1) is 19.2. The molecule has 2 aromatic carbocycles. The largest absolute Gasteiger partial charge is 0.472 e. The summed E-state index contributed by atoms with van der Waals surface area (Å²) in [6, 6.07) is 21.9. The topological polar surface area (TPSA) is 60.1 Å². The van der Waals surface area contributed by atoms with Crippen molar-refractivity contribution < 1.29 is 9.21 Å². The van der Waals surface area contributed by atoms with Crippen molar-refractivity contribution in [2.24, 2.45) is 0 Å². The number of carbonyl (C=O) groups excluding carboxylic acids is 1. The molecule has 5 nitrogen and oxygen atoms in total. The van der Waals surface area contributed by atoms with E-state index in [4.69, 9.17) is 4.42 Å². The van der Waals surface area contributed by atoms with E-state index in [0.29, 0.717) is 5.56 Å². The molecule has 0 aliphatic carbocycles. The average Bonchev–Trinajstić information content (AvgIpc) is 3.48. The molecule has 0 fully saturated rings. The van der Waals surface area contributed by atoms with Crippen LogP contribution in [0.2, 0.25) is 0 Å². The molecule has 0 saturated heterocycles. The Balaban J connectivity index is 1.46. The summed E-state index contributed by atoms with van der Waals surface area (Å²) in [5, 5.41) is 5.23. The van der Waals surface area contributed by atoms with Gasteiger partial charge in [0, 0.05) is 34.7 Å². The van der Waals surface area contributed by atoms with E-state index < -0.39 is 0 Å². The summed E-state index contributed by atoms with van der Waals surface area (Å²) in [6.45, 7) is 0. The Morgan fingerprint density at radius 3 is 2.61 bits per heavy atom. The molecule has 3 heterocycles. The fourth-order valence-corrected chi connectivity index (χ4v) is 4.24. The van der Waals surface area contributed by atoms with Gasteiger partial charge in [0.05, 0.1) is 28.6 Å². The Morgan fingerprint density at radius 2 is 1.90 bits per heavy atom. The van der Waals surface area contributed by atoms with Crippen LogP contribution in [-0.4, -0.2) is 21.7 Å². The molecule has 5 rings (SSSR count). The SMILES string of the molecule is CSc1cc2cc(-c3ccoc3)ccc2n1-c1ccc(NC(=O)c2cccnc2)cc1. The molecule has 1 N–H and O–H groups in total. The molecule has 3 aromatic heterocycles. The summed E-state index contributed by atoms with van der Waals surface area (Å²) in [6.07, 6.45) is 8.72. The molecule has 0 atom stereocenters. The molecule has 6 heteroatoms. The number of hydrogen-bond donors (Lipinski definition) is 1. The number of thioether (sulfide) groups is 1. The fourth-order valence-electron chi connectivity index (χ4n) is 3.61. The van der Waals surface area contributed by atoms with E-state index in [9.17, 15) is 4.79 Å². The van der Waals surface area contributed by atoms with E-state index in [1.54, 1.807) is 48.8 Å². The second-order valence-electron chi connectivity index (χ2n) is 7.05. The van der Waals surface area contributed by atoms with Gasteiger partial charge in [-0.25, -0.2) is 0 Å². The number of rotatable bonds is 5. The van der Waals surface area contributed by atoms with Crippen LogP contribution < -0.4 is 5.32 Å². The lowest BCUT2D eigenvalue weighted by Gasteiger charge is -2.11. The van der Waals surface area contributed by atoms with Crippen molar-refractivity contribution in [3.63, 3.8) is 0 Å². The molecule has 0 aliphatic heterocycles. The first-order valence-electron chi connectivity index (χ1n) is 9.77. The normalized spacial score (nSPS) is 11.0. The van der Waals surface area contributed by atoms with Gasteiger partial charge < -0.3 is 14.3 Å². The van der Waals surface area contributed by atoms with E-state index in [1.807, 2.05) is 30.3 Å². The zero-order chi connectivity index (χ0) is 21.2. The van der Waals surface area contributed by atoms with Gasteiger partial charge in [-0.15, -0.1) is 11.8 Å². The molecule has 0 unspecified atom stereocenters. The van der Waals surface area contributed by atoms with Crippen LogP contribution in [0.3, 0.4) is 0 Å². The summed E-state index contributed by atoms with van der Waals surface area (Å²) in [4.78, 5) is 16.4. The van der Waals surface area contributed by atoms with Gasteiger partial charge in [-0.05, 0) is 72.5 Å². The number of hydrogen-bond acceptors (Lipinski definition) is 4. The van der Waals surface area contributed by atoms with Crippen LogP contribution in [-0.2, 0) is 0 Å². The van der Waals surface area contributed by atoms with Crippen molar-refractivity contribution >= 4 is 34.3 Å². The predicted molar refractivity (Wildman–Crippen MR) is 125 cm³/mol. The highest BCUT2D eigenvalue weighted by molar-refractivity contribution is 7.98. The summed E-state index contributed by atoms with van der Waals surface area (Å²) < 4.78 is 7.45. The number of nitrogens with one attached hydrogen (secondary N) is 1. The maximum absolute atomic E-state index is 12.4. The minimum absolute atomic E-state index is 0.177. The number of benzene rings is 2. The third-order valence-electron chi connectivity index (χ3n) is 5.14. The Bertz CT molecular complexity index is 1340. The van der Waals surface area contributed by atoms with Crippen LogP contribution in [0.4, 0.5) is 5.69 Å². The molecule has 5 aromatic rings. The number of aromatic nitrogens is 2. The molecule has 31 heavy (non-hydrogen) atoms. The third-order valence-corrected chi connectivity index (χ3v) is 5.86. The maximum Gasteiger partial charge on any atom is 0.257 e. The van der Waals surface area contributed by atoms with E-state index in [-0.39, 0.29) is 5.91 Å². The first-order chi connectivity index (χ1) is 15.2. The molecular weight excluding hydrogens is 406 g/mol. The average molecular weight is 426 g/mol. The third kappa shape index (κ3) is 3.73. The number of anilines is 1. The number of pyridine rings is 1. The summed E-state index contributed by atoms with van der Waals surface area (Å²) >= 11 is 1.70. The van der Waals surface area contributed by atoms with Crippen molar-refractivity contribution in [3.05, 3.63) is 97.2 Å². The summed E-state index contributed by atoms with van der Waals surface area (Å²) in [7, 11) is 0. The van der Waals surface area contributed by atoms with Gasteiger partial charge in [-0.2, -0.15) is 0 Å². The van der Waals surface area contributed by atoms with Crippen molar-refractivity contribution in [1.82, 2.24) is 9.55 Å². The molecule has 0 spiro atoms. The number of furan rings is 1. The highest BCUT2D eigenvalue weighted by Crippen LogP contribution is 2.33. The Labute approximate surface area is 183 Å². The second-order valence-corrected chi connectivity index (χ2v) is 7.88. The lowest BCUT2D eigenvalue weighted by atomic mass is 10.1. The molecule has 0 bridgehead atoms. The van der Waals surface area contributed by atoms with Crippen molar-refractivity contribution in [3.8, 4) is 16.8 Å². The number of amides is 1. The first-order valence-corrected chi connectivity index (χ1v) is 11.0. The number of fused-ring (bicyclic) bond motifs is 1. The van der Waals surface area contributed by atoms with Crippen LogP contribution >= 0.6 is 11.8 Å². The molecule has 0 aliphatic rings. The highest BCUT2D eigenvalue weighted by Gasteiger charge is 2.12. The zero-order valence-corrected chi connectivity index (χ0v) is 17.6. The van der Waals surface area contributed by atoms with E-state index in [2.05, 4.69) is 45.4 Å². The lowest BCUT2D eigenvalue weighted by molar-refractivity contribution is 0.102. The highest BCUT2D eigenvalue weighted by atomic mass is 32.2. The van der Waals surface area contributed by atoms with Crippen LogP contribution in [0.25, 0.3) is 27.7 Å². The zero-order valence-electron chi connectivity index (χ0n) is 16.8. The van der Waals surface area contributed by atoms with Crippen LogP contribution in [0.1, 0.15) is 10.4 Å². The van der Waals surface area contributed by atoms with Crippen LogP contribution in [0.5, 0.6) is 0 Å². The lowest BCUT2D eigenvalue weighted by Crippen LogP contribution is -2.12. The maximum atomic E-state index is 12.4. The van der Waals surface area contributed by atoms with E-state index in [0.717, 1.165) is 38.4 Å². The monoisotopic (exact) mass is 425 g/mol. The van der Waals surface area contributed by atoms with Crippen molar-refractivity contribution in [2.75, 3.05) is 11.6 Å². The molecule has 152 valence electrons. The number of carbonyl (C=O) groups is 1. The smallest absolute Gasteiger partial charge is 0.257 e. The van der Waals surface area contributed by atoms with Gasteiger partial charge in [0.1, 0.15) is 0 Å². The van der Waals surface area contributed by atoms with Gasteiger partial charge >= 0.3 is 0 Å².